The van der Waals surface area contributed by atoms with Gasteiger partial charge in [-0.05, 0) is 0 Å². The van der Waals surface area contributed by atoms with E-state index < -0.39 is 35.1 Å². The van der Waals surface area contributed by atoms with Crippen molar-refractivity contribution in [2.24, 2.45) is 5.92 Å². The fourth-order valence-corrected chi connectivity index (χ4v) is 1.99. The molecule has 1 fully saturated rings. The molecule has 0 saturated carbocycles. The predicted octanol–water partition coefficient (Wildman–Crippen LogP) is 0.802. The molecule has 0 aliphatic carbocycles. The molecule has 1 aromatic carbocycles. The van der Waals surface area contributed by atoms with E-state index in [-0.39, 0.29) is 18.2 Å². The second kappa shape index (κ2) is 5.58. The third-order valence-electron chi connectivity index (χ3n) is 3.04. The molecule has 0 spiro atoms. The third-order valence-corrected chi connectivity index (χ3v) is 3.04. The van der Waals surface area contributed by atoms with Crippen LogP contribution in [0.2, 0.25) is 0 Å². The van der Waals surface area contributed by atoms with Crippen LogP contribution < -0.4 is 9.80 Å². The van der Waals surface area contributed by atoms with E-state index >= 15 is 0 Å². The number of hydrogen-bond acceptors (Lipinski definition) is 3. The Morgan fingerprint density at radius 3 is 2.26 bits per heavy atom. The highest BCUT2D eigenvalue weighted by atomic mass is 19.1. The number of ether oxygens (including phenoxy) is 1. The number of piperidine rings is 1. The smallest absolute Gasteiger partial charge is 0.314 e. The minimum atomic E-state index is -1.27. The molecule has 7 heteroatoms. The lowest BCUT2D eigenvalue weighted by Gasteiger charge is -2.30. The van der Waals surface area contributed by atoms with Gasteiger partial charge in [0.1, 0.15) is 5.82 Å². The molecule has 0 amide bonds. The molecule has 0 aromatic heterocycles. The zero-order chi connectivity index (χ0) is 14.0. The molecule has 0 radical (unpaired) electrons. The lowest BCUT2D eigenvalue weighted by Crippen LogP contribution is -3.08. The number of carbonyl (C=O) groups excluding carboxylic acids is 1. The fraction of sp³-hybridized carbons (Fsp3) is 0.417. The number of hydroxylamine groups is 2. The molecule has 1 N–H and O–H groups in total. The number of carbonyl (C=O) groups is 1. The summed E-state index contributed by atoms with van der Waals surface area (Å²) >= 11 is 0. The Morgan fingerprint density at radius 2 is 1.74 bits per heavy atom. The van der Waals surface area contributed by atoms with E-state index in [1.54, 1.807) is 0 Å². The number of nitrogens with one attached hydrogen (secondary N) is 1. The monoisotopic (exact) mass is 275 g/mol. The Labute approximate surface area is 107 Å². The van der Waals surface area contributed by atoms with Gasteiger partial charge < -0.3 is 15.0 Å². The largest absolute Gasteiger partial charge is 0.634 e. The van der Waals surface area contributed by atoms with Gasteiger partial charge >= 0.3 is 5.97 Å². The fourth-order valence-electron chi connectivity index (χ4n) is 1.99. The van der Waals surface area contributed by atoms with Crippen LogP contribution >= 0.6 is 0 Å². The highest BCUT2D eigenvalue weighted by Gasteiger charge is 2.28. The predicted molar refractivity (Wildman–Crippen MR) is 58.7 cm³/mol. The van der Waals surface area contributed by atoms with Gasteiger partial charge in [0.2, 0.25) is 5.75 Å². The van der Waals surface area contributed by atoms with E-state index in [4.69, 9.17) is 0 Å². The Balaban J connectivity index is 2.07. The molecule has 1 saturated heterocycles. The van der Waals surface area contributed by atoms with E-state index in [0.717, 1.165) is 0 Å². The second-order valence-corrected chi connectivity index (χ2v) is 4.43. The summed E-state index contributed by atoms with van der Waals surface area (Å²) in [6.07, 6.45) is 0.615. The van der Waals surface area contributed by atoms with Gasteiger partial charge in [0.15, 0.2) is 11.6 Å². The molecule has 2 rings (SSSR count). The molecule has 0 unspecified atom stereocenters. The van der Waals surface area contributed by atoms with E-state index in [1.807, 2.05) is 0 Å². The van der Waals surface area contributed by atoms with Gasteiger partial charge in [-0.25, -0.2) is 13.2 Å². The third kappa shape index (κ3) is 3.24. The number of hydrogen-bond donors (Lipinski definition) is 1. The van der Waals surface area contributed by atoms with Crippen LogP contribution in [-0.2, 0) is 4.79 Å². The van der Waals surface area contributed by atoms with Crippen molar-refractivity contribution >= 4 is 5.97 Å². The van der Waals surface area contributed by atoms with Crippen molar-refractivity contribution in [3.05, 3.63) is 34.8 Å². The van der Waals surface area contributed by atoms with Crippen LogP contribution in [0.1, 0.15) is 12.8 Å². The number of esters is 1. The topological polar surface area (TPSA) is 53.8 Å². The quantitative estimate of drug-likeness (QED) is 0.493. The molecular weight excluding hydrogens is 263 g/mol. The van der Waals surface area contributed by atoms with E-state index in [2.05, 4.69) is 4.74 Å². The highest BCUT2D eigenvalue weighted by Crippen LogP contribution is 2.24. The van der Waals surface area contributed by atoms with Gasteiger partial charge in [0.05, 0.1) is 19.0 Å². The lowest BCUT2D eigenvalue weighted by atomic mass is 9.98. The summed E-state index contributed by atoms with van der Waals surface area (Å²) in [5.74, 6) is -5.87. The highest BCUT2D eigenvalue weighted by molar-refractivity contribution is 5.75. The van der Waals surface area contributed by atoms with Crippen molar-refractivity contribution in [2.75, 3.05) is 13.1 Å². The number of rotatable bonds is 2. The average molecular weight is 275 g/mol. The molecule has 1 aliphatic heterocycles. The normalized spacial score (nSPS) is 23.2. The van der Waals surface area contributed by atoms with Gasteiger partial charge in [0.25, 0.3) is 0 Å². The van der Waals surface area contributed by atoms with Crippen LogP contribution in [-0.4, -0.2) is 19.1 Å². The zero-order valence-electron chi connectivity index (χ0n) is 9.92. The SMILES string of the molecule is O=C(Oc1c(F)cc(F)cc1F)C1CC[NH+]([O-])CC1. The first-order valence-corrected chi connectivity index (χ1v) is 5.85. The van der Waals surface area contributed by atoms with Gasteiger partial charge in [0, 0.05) is 25.0 Å². The minimum Gasteiger partial charge on any atom is -0.634 e. The maximum absolute atomic E-state index is 13.3. The molecular formula is C12H12F3NO3. The maximum atomic E-state index is 13.3. The van der Waals surface area contributed by atoms with Gasteiger partial charge in [-0.1, -0.05) is 0 Å². The summed E-state index contributed by atoms with van der Waals surface area (Å²) in [6.45, 7) is 0.516. The second-order valence-electron chi connectivity index (χ2n) is 4.43. The van der Waals surface area contributed by atoms with Crippen molar-refractivity contribution in [1.29, 1.82) is 0 Å². The Kier molecular flexibility index (Phi) is 4.06. The molecule has 0 bridgehead atoms. The molecule has 19 heavy (non-hydrogen) atoms. The summed E-state index contributed by atoms with van der Waals surface area (Å²) in [7, 11) is 0. The summed E-state index contributed by atoms with van der Waals surface area (Å²) < 4.78 is 43.9. The van der Waals surface area contributed by atoms with Crippen molar-refractivity contribution in [2.45, 2.75) is 12.8 Å². The maximum Gasteiger partial charge on any atom is 0.314 e. The molecule has 4 nitrogen and oxygen atoms in total. The summed E-state index contributed by atoms with van der Waals surface area (Å²) in [5.41, 5.74) is 0. The Hall–Kier alpha value is -1.60. The first-order chi connectivity index (χ1) is 8.97. The van der Waals surface area contributed by atoms with Crippen molar-refractivity contribution in [3.63, 3.8) is 0 Å². The van der Waals surface area contributed by atoms with Gasteiger partial charge in [-0.3, -0.25) is 4.79 Å². The zero-order valence-corrected chi connectivity index (χ0v) is 9.92. The van der Waals surface area contributed by atoms with Crippen LogP contribution in [0.4, 0.5) is 13.2 Å². The van der Waals surface area contributed by atoms with E-state index in [9.17, 15) is 23.2 Å². The minimum absolute atomic E-state index is 0.0585. The Bertz CT molecular complexity index is 464. The van der Waals surface area contributed by atoms with Crippen LogP contribution in [0.15, 0.2) is 12.1 Å². The molecule has 1 aromatic rings. The standard InChI is InChI=1S/C12H12F3NO3/c13-8-5-9(14)11(10(15)6-8)19-12(17)7-1-3-16(18)4-2-7/h5-7,16H,1-4H2. The average Bonchev–Trinajstić information content (AvgIpc) is 2.34. The van der Waals surface area contributed by atoms with Crippen LogP contribution in [0.3, 0.4) is 0 Å². The molecule has 1 aliphatic rings. The van der Waals surface area contributed by atoms with Crippen molar-refractivity contribution < 1.29 is 27.8 Å². The van der Waals surface area contributed by atoms with Gasteiger partial charge in [-0.2, -0.15) is 0 Å². The summed E-state index contributed by atoms with van der Waals surface area (Å²) in [6, 6.07) is 0.881. The lowest BCUT2D eigenvalue weighted by molar-refractivity contribution is -0.854. The number of benzene rings is 1. The number of halogens is 3. The summed E-state index contributed by atoms with van der Waals surface area (Å²) in [5, 5.41) is 11.1. The summed E-state index contributed by atoms with van der Waals surface area (Å²) in [4.78, 5) is 11.7. The first kappa shape index (κ1) is 13.8. The molecule has 0 atom stereocenters. The molecule has 1 heterocycles. The van der Waals surface area contributed by atoms with Crippen molar-refractivity contribution in [3.8, 4) is 5.75 Å². The van der Waals surface area contributed by atoms with Crippen LogP contribution in [0.25, 0.3) is 0 Å². The van der Waals surface area contributed by atoms with Crippen LogP contribution in [0, 0.1) is 28.6 Å². The van der Waals surface area contributed by atoms with Crippen LogP contribution in [0.5, 0.6) is 5.75 Å². The van der Waals surface area contributed by atoms with E-state index in [0.29, 0.717) is 25.0 Å². The first-order valence-electron chi connectivity index (χ1n) is 5.85. The van der Waals surface area contributed by atoms with E-state index in [1.165, 1.54) is 0 Å². The number of quaternary nitrogens is 1. The Morgan fingerprint density at radius 1 is 1.21 bits per heavy atom. The van der Waals surface area contributed by atoms with Crippen molar-refractivity contribution in [1.82, 2.24) is 0 Å². The molecule has 104 valence electrons. The van der Waals surface area contributed by atoms with Gasteiger partial charge in [-0.15, -0.1) is 0 Å².